The molecule has 1 fully saturated rings. The summed E-state index contributed by atoms with van der Waals surface area (Å²) in [7, 11) is 0. The van der Waals surface area contributed by atoms with Gasteiger partial charge in [0.2, 0.25) is 0 Å². The van der Waals surface area contributed by atoms with E-state index in [-0.39, 0.29) is 30.4 Å². The second kappa shape index (κ2) is 8.88. The maximum atomic E-state index is 13.1. The SMILES string of the molecule is Cc1c(N[C@@H]2CCCN(CCO)C2)nnc(-c2ccc3c(c2O)CCC3=C(F)F)c1C. The number of nitrogens with one attached hydrogen (secondary N) is 1. The fourth-order valence-corrected chi connectivity index (χ4v) is 4.65. The van der Waals surface area contributed by atoms with Crippen LogP contribution < -0.4 is 5.32 Å². The van der Waals surface area contributed by atoms with Crippen molar-refractivity contribution in [2.24, 2.45) is 0 Å². The van der Waals surface area contributed by atoms with Crippen molar-refractivity contribution in [1.82, 2.24) is 15.1 Å². The highest BCUT2D eigenvalue weighted by atomic mass is 19.3. The molecule has 1 atom stereocenters. The Balaban J connectivity index is 1.61. The number of halogens is 2. The molecule has 1 aromatic carbocycles. The molecule has 6 nitrogen and oxygen atoms in total. The van der Waals surface area contributed by atoms with Gasteiger partial charge in [-0.15, -0.1) is 10.2 Å². The second-order valence-corrected chi connectivity index (χ2v) is 8.38. The molecule has 1 aromatic heterocycles. The second-order valence-electron chi connectivity index (χ2n) is 8.38. The highest BCUT2D eigenvalue weighted by molar-refractivity contribution is 5.82. The van der Waals surface area contributed by atoms with Crippen LogP contribution >= 0.6 is 0 Å². The van der Waals surface area contributed by atoms with Crippen LogP contribution in [0.25, 0.3) is 16.8 Å². The van der Waals surface area contributed by atoms with E-state index in [4.69, 9.17) is 0 Å². The number of hydrogen-bond acceptors (Lipinski definition) is 6. The van der Waals surface area contributed by atoms with Gasteiger partial charge in [-0.3, -0.25) is 4.90 Å². The zero-order valence-corrected chi connectivity index (χ0v) is 17.9. The molecule has 1 aliphatic carbocycles. The van der Waals surface area contributed by atoms with Crippen LogP contribution in [-0.2, 0) is 6.42 Å². The predicted octanol–water partition coefficient (Wildman–Crippen LogP) is 3.89. The monoisotopic (exact) mass is 430 g/mol. The number of nitrogens with zero attached hydrogens (tertiary/aromatic N) is 3. The number of likely N-dealkylation sites (tertiary alicyclic amines) is 1. The van der Waals surface area contributed by atoms with Crippen LogP contribution in [-0.4, -0.2) is 57.6 Å². The maximum absolute atomic E-state index is 13.1. The first-order valence-corrected chi connectivity index (χ1v) is 10.7. The highest BCUT2D eigenvalue weighted by Crippen LogP contribution is 2.44. The molecule has 0 bridgehead atoms. The van der Waals surface area contributed by atoms with Crippen molar-refractivity contribution in [3.8, 4) is 17.0 Å². The summed E-state index contributed by atoms with van der Waals surface area (Å²) in [5, 5.41) is 32.3. The quantitative estimate of drug-likeness (QED) is 0.668. The maximum Gasteiger partial charge on any atom is 0.274 e. The number of aromatic hydroxyl groups is 1. The molecule has 1 saturated heterocycles. The number of fused-ring (bicyclic) bond motifs is 1. The Bertz CT molecular complexity index is 1020. The van der Waals surface area contributed by atoms with Crippen molar-refractivity contribution in [2.75, 3.05) is 31.6 Å². The lowest BCUT2D eigenvalue weighted by molar-refractivity contribution is 0.166. The Kier molecular flexibility index (Phi) is 6.20. The molecular formula is C23H28F2N4O2. The number of anilines is 1. The average molecular weight is 430 g/mol. The highest BCUT2D eigenvalue weighted by Gasteiger charge is 2.27. The smallest absolute Gasteiger partial charge is 0.274 e. The molecular weight excluding hydrogens is 402 g/mol. The van der Waals surface area contributed by atoms with E-state index in [2.05, 4.69) is 20.4 Å². The third-order valence-electron chi connectivity index (χ3n) is 6.50. The number of phenols is 1. The summed E-state index contributed by atoms with van der Waals surface area (Å²) in [6.07, 6.45) is 1.01. The molecule has 2 aliphatic rings. The number of aliphatic hydroxyl groups is 1. The first-order chi connectivity index (χ1) is 14.9. The molecule has 0 spiro atoms. The number of aromatic nitrogens is 2. The van der Waals surface area contributed by atoms with Crippen molar-refractivity contribution in [3.05, 3.63) is 40.5 Å². The lowest BCUT2D eigenvalue weighted by atomic mass is 9.97. The molecule has 4 rings (SSSR count). The number of aliphatic hydroxyl groups excluding tert-OH is 1. The standard InChI is InChI=1S/C23H28F2N4O2/c1-13-14(2)23(26-15-4-3-9-29(12-15)10-11-30)28-27-20(13)19-8-5-16-17(21(19)31)6-7-18(16)22(24)25/h5,8,15,30-31H,3-4,6-7,9-12H2,1-2H3,(H,26,28)/t15-/m1/s1. The van der Waals surface area contributed by atoms with E-state index < -0.39 is 6.08 Å². The van der Waals surface area contributed by atoms with Crippen molar-refractivity contribution in [2.45, 2.75) is 45.6 Å². The summed E-state index contributed by atoms with van der Waals surface area (Å²) in [6, 6.07) is 3.53. The largest absolute Gasteiger partial charge is 0.507 e. The minimum absolute atomic E-state index is 0.0121. The summed E-state index contributed by atoms with van der Waals surface area (Å²) in [6.45, 7) is 6.55. The summed E-state index contributed by atoms with van der Waals surface area (Å²) < 4.78 is 26.3. The number of hydrogen-bond donors (Lipinski definition) is 3. The third kappa shape index (κ3) is 4.14. The van der Waals surface area contributed by atoms with Gasteiger partial charge < -0.3 is 15.5 Å². The molecule has 0 unspecified atom stereocenters. The summed E-state index contributed by atoms with van der Waals surface area (Å²) in [5.74, 6) is 0.723. The molecule has 2 aromatic rings. The summed E-state index contributed by atoms with van der Waals surface area (Å²) in [5.41, 5.74) is 3.90. The molecule has 0 radical (unpaired) electrons. The van der Waals surface area contributed by atoms with E-state index in [1.54, 1.807) is 12.1 Å². The fourth-order valence-electron chi connectivity index (χ4n) is 4.65. The van der Waals surface area contributed by atoms with Crippen LogP contribution in [0.15, 0.2) is 18.2 Å². The van der Waals surface area contributed by atoms with Crippen LogP contribution in [0.1, 0.15) is 41.5 Å². The zero-order valence-electron chi connectivity index (χ0n) is 17.9. The van der Waals surface area contributed by atoms with Gasteiger partial charge in [-0.2, -0.15) is 8.78 Å². The average Bonchev–Trinajstić information content (AvgIpc) is 3.18. The van der Waals surface area contributed by atoms with E-state index in [0.717, 1.165) is 37.1 Å². The van der Waals surface area contributed by atoms with Gasteiger partial charge in [-0.1, -0.05) is 6.07 Å². The molecule has 8 heteroatoms. The number of benzene rings is 1. The molecule has 1 aliphatic heterocycles. The van der Waals surface area contributed by atoms with Gasteiger partial charge in [-0.05, 0) is 68.8 Å². The Morgan fingerprint density at radius 3 is 2.68 bits per heavy atom. The number of rotatable bonds is 5. The number of β-amino-alcohol motifs (C(OH)–C–C–N with tert-alkyl or cyclic N) is 1. The van der Waals surface area contributed by atoms with Crippen LogP contribution in [0.4, 0.5) is 14.6 Å². The van der Waals surface area contributed by atoms with Gasteiger partial charge in [-0.25, -0.2) is 0 Å². The molecule has 31 heavy (non-hydrogen) atoms. The first-order valence-electron chi connectivity index (χ1n) is 10.7. The van der Waals surface area contributed by atoms with Gasteiger partial charge in [0.15, 0.2) is 5.82 Å². The molecule has 0 amide bonds. The van der Waals surface area contributed by atoms with E-state index in [9.17, 15) is 19.0 Å². The van der Waals surface area contributed by atoms with Crippen molar-refractivity contribution in [1.29, 1.82) is 0 Å². The summed E-state index contributed by atoms with van der Waals surface area (Å²) in [4.78, 5) is 2.23. The zero-order chi connectivity index (χ0) is 22.1. The van der Waals surface area contributed by atoms with Gasteiger partial charge in [0.1, 0.15) is 5.75 Å². The minimum atomic E-state index is -1.69. The minimum Gasteiger partial charge on any atom is -0.507 e. The van der Waals surface area contributed by atoms with E-state index in [1.165, 1.54) is 0 Å². The predicted molar refractivity (Wildman–Crippen MR) is 116 cm³/mol. The number of piperidine rings is 1. The third-order valence-corrected chi connectivity index (χ3v) is 6.50. The molecule has 166 valence electrons. The van der Waals surface area contributed by atoms with Crippen LogP contribution in [0.5, 0.6) is 5.75 Å². The normalized spacial score (nSPS) is 18.9. The lowest BCUT2D eigenvalue weighted by Crippen LogP contribution is -2.43. The number of allylic oxidation sites excluding steroid dienone is 1. The number of phenolic OH excluding ortho intramolecular Hbond substituents is 1. The van der Waals surface area contributed by atoms with Crippen molar-refractivity contribution < 1.29 is 19.0 Å². The van der Waals surface area contributed by atoms with E-state index >= 15 is 0 Å². The summed E-state index contributed by atoms with van der Waals surface area (Å²) >= 11 is 0. The molecule has 3 N–H and O–H groups in total. The van der Waals surface area contributed by atoms with Crippen molar-refractivity contribution in [3.63, 3.8) is 0 Å². The van der Waals surface area contributed by atoms with E-state index in [0.29, 0.717) is 41.2 Å². The molecule has 2 heterocycles. The lowest BCUT2D eigenvalue weighted by Gasteiger charge is -2.33. The van der Waals surface area contributed by atoms with Gasteiger partial charge >= 0.3 is 0 Å². The van der Waals surface area contributed by atoms with Gasteiger partial charge in [0.05, 0.1) is 12.3 Å². The topological polar surface area (TPSA) is 81.5 Å². The Morgan fingerprint density at radius 1 is 1.16 bits per heavy atom. The van der Waals surface area contributed by atoms with Crippen molar-refractivity contribution >= 4 is 11.4 Å². The van der Waals surface area contributed by atoms with Crippen LogP contribution in [0.2, 0.25) is 0 Å². The van der Waals surface area contributed by atoms with E-state index in [1.807, 2.05) is 13.8 Å². The van der Waals surface area contributed by atoms with Crippen LogP contribution in [0, 0.1) is 13.8 Å². The Hall–Kier alpha value is -2.58. The first kappa shape index (κ1) is 21.6. The van der Waals surface area contributed by atoms with Crippen LogP contribution in [0.3, 0.4) is 0 Å². The fraction of sp³-hybridized carbons (Fsp3) is 0.478. The van der Waals surface area contributed by atoms with Gasteiger partial charge in [0.25, 0.3) is 6.08 Å². The van der Waals surface area contributed by atoms with Gasteiger partial charge in [0, 0.05) is 35.8 Å². The Labute approximate surface area is 180 Å². The molecule has 0 saturated carbocycles. The Morgan fingerprint density at radius 2 is 1.94 bits per heavy atom.